The molecule has 84 valence electrons. The fraction of sp³-hybridized carbons (Fsp3) is 0.333. The lowest BCUT2D eigenvalue weighted by Gasteiger charge is -2.16. The van der Waals surface area contributed by atoms with Gasteiger partial charge in [0, 0.05) is 24.5 Å². The molecule has 0 amide bonds. The average Bonchev–Trinajstić information content (AvgIpc) is 2.26. The second kappa shape index (κ2) is 3.96. The zero-order valence-corrected chi connectivity index (χ0v) is 8.80. The first kappa shape index (κ1) is 7.44. The molecular formula is C12H14NO3+. The number of carbonyl (C=O) groups excluding carboxylic acids is 1. The Hall–Kier alpha value is -1.84. The van der Waals surface area contributed by atoms with Gasteiger partial charge < -0.3 is 9.84 Å². The number of aliphatic hydroxyl groups excluding tert-OH is 1. The predicted octanol–water partition coefficient (Wildman–Crippen LogP) is 1.38. The molecule has 0 aliphatic carbocycles. The molecule has 0 aromatic carbocycles. The Bertz CT molecular complexity index is 551. The summed E-state index contributed by atoms with van der Waals surface area (Å²) in [6, 6.07) is 5.33. The van der Waals surface area contributed by atoms with E-state index in [1.165, 1.54) is 4.57 Å². The Morgan fingerprint density at radius 1 is 1.69 bits per heavy atom. The lowest BCUT2D eigenvalue weighted by Crippen LogP contribution is -2.44. The SMILES string of the molecule is [2H]C([2H])([2H])OC(=O)C1=C(O)CC(C)c2cccc[n+]21. The van der Waals surface area contributed by atoms with Crippen molar-refractivity contribution in [1.82, 2.24) is 0 Å². The standard InChI is InChI=1S/C12H13NO3/c1-8-7-10(14)11(12(15)16-2)13-6-4-3-5-9(8)13/h3-6,8H,7H2,1-2H3/p+1/i2D3. The maximum absolute atomic E-state index is 11.9. The van der Waals surface area contributed by atoms with E-state index in [-0.39, 0.29) is 23.8 Å². The molecule has 4 heteroatoms. The number of aromatic nitrogens is 1. The molecule has 0 saturated heterocycles. The van der Waals surface area contributed by atoms with Crippen LogP contribution in [0.25, 0.3) is 5.70 Å². The second-order valence-electron chi connectivity index (χ2n) is 3.79. The molecule has 1 aromatic heterocycles. The Morgan fingerprint density at radius 2 is 2.50 bits per heavy atom. The van der Waals surface area contributed by atoms with Gasteiger partial charge in [0.15, 0.2) is 17.6 Å². The van der Waals surface area contributed by atoms with E-state index in [9.17, 15) is 9.90 Å². The van der Waals surface area contributed by atoms with E-state index in [1.807, 2.05) is 19.1 Å². The number of ether oxygens (including phenoxy) is 1. The van der Waals surface area contributed by atoms with E-state index in [1.54, 1.807) is 12.3 Å². The van der Waals surface area contributed by atoms with Crippen LogP contribution in [0.4, 0.5) is 0 Å². The minimum atomic E-state index is -2.83. The van der Waals surface area contributed by atoms with Gasteiger partial charge in [0.05, 0.1) is 11.2 Å². The van der Waals surface area contributed by atoms with E-state index < -0.39 is 13.0 Å². The van der Waals surface area contributed by atoms with Crippen molar-refractivity contribution in [2.24, 2.45) is 0 Å². The smallest absolute Gasteiger partial charge is 0.407 e. The maximum atomic E-state index is 11.9. The van der Waals surface area contributed by atoms with Crippen molar-refractivity contribution in [3.8, 4) is 0 Å². The van der Waals surface area contributed by atoms with Crippen molar-refractivity contribution >= 4 is 11.7 Å². The summed E-state index contributed by atoms with van der Waals surface area (Å²) < 4.78 is 26.7. The van der Waals surface area contributed by atoms with E-state index in [0.717, 1.165) is 5.69 Å². The third kappa shape index (κ3) is 1.56. The molecule has 0 saturated carbocycles. The second-order valence-corrected chi connectivity index (χ2v) is 3.79. The molecule has 2 rings (SSSR count). The van der Waals surface area contributed by atoms with Gasteiger partial charge >= 0.3 is 11.7 Å². The molecule has 1 aromatic rings. The van der Waals surface area contributed by atoms with E-state index in [2.05, 4.69) is 4.74 Å². The van der Waals surface area contributed by atoms with Crippen LogP contribution in [0.2, 0.25) is 0 Å². The molecule has 0 spiro atoms. The van der Waals surface area contributed by atoms with Gasteiger partial charge in [-0.2, -0.15) is 4.57 Å². The number of rotatable bonds is 1. The Morgan fingerprint density at radius 3 is 3.25 bits per heavy atom. The normalized spacial score (nSPS) is 22.8. The highest BCUT2D eigenvalue weighted by Crippen LogP contribution is 2.26. The highest BCUT2D eigenvalue weighted by Gasteiger charge is 2.36. The number of allylic oxidation sites excluding steroid dienone is 1. The summed E-state index contributed by atoms with van der Waals surface area (Å²) in [4.78, 5) is 11.9. The molecule has 16 heavy (non-hydrogen) atoms. The Balaban J connectivity index is 2.44. The van der Waals surface area contributed by atoms with Gasteiger partial charge in [-0.15, -0.1) is 0 Å². The topological polar surface area (TPSA) is 50.4 Å². The zero-order valence-electron chi connectivity index (χ0n) is 11.8. The minimum absolute atomic E-state index is 0.0329. The summed E-state index contributed by atoms with van der Waals surface area (Å²) >= 11 is 0. The molecule has 4 nitrogen and oxygen atoms in total. The number of carbonyl (C=O) groups is 1. The summed E-state index contributed by atoms with van der Waals surface area (Å²) in [7, 11) is -2.83. The van der Waals surface area contributed by atoms with Crippen LogP contribution >= 0.6 is 0 Å². The molecule has 0 bridgehead atoms. The number of fused-ring (bicyclic) bond motifs is 1. The third-order valence-electron chi connectivity index (χ3n) is 2.70. The van der Waals surface area contributed by atoms with Crippen LogP contribution in [0.3, 0.4) is 0 Å². The lowest BCUT2D eigenvalue weighted by atomic mass is 9.96. The molecule has 1 aliphatic rings. The molecule has 1 aliphatic heterocycles. The number of hydrogen-bond acceptors (Lipinski definition) is 3. The number of pyridine rings is 1. The summed E-state index contributed by atoms with van der Waals surface area (Å²) in [5.74, 6) is -1.18. The first-order valence-electron chi connectivity index (χ1n) is 6.46. The summed E-state index contributed by atoms with van der Waals surface area (Å²) in [5, 5.41) is 9.93. The van der Waals surface area contributed by atoms with Gasteiger partial charge in [-0.3, -0.25) is 0 Å². The van der Waals surface area contributed by atoms with Crippen molar-refractivity contribution in [1.29, 1.82) is 0 Å². The number of esters is 1. The quantitative estimate of drug-likeness (QED) is 0.578. The van der Waals surface area contributed by atoms with Crippen molar-refractivity contribution in [2.75, 3.05) is 7.04 Å². The Labute approximate surface area is 98.0 Å². The van der Waals surface area contributed by atoms with E-state index in [4.69, 9.17) is 4.11 Å². The Kier molecular flexibility index (Phi) is 1.84. The van der Waals surface area contributed by atoms with Crippen molar-refractivity contribution < 1.29 is 23.3 Å². The van der Waals surface area contributed by atoms with Gasteiger partial charge in [-0.05, 0) is 0 Å². The monoisotopic (exact) mass is 223 g/mol. The zero-order chi connectivity index (χ0) is 14.2. The summed E-state index contributed by atoms with van der Waals surface area (Å²) in [6.45, 7) is 1.91. The molecular weight excluding hydrogens is 206 g/mol. The fourth-order valence-corrected chi connectivity index (χ4v) is 1.96. The molecule has 1 N–H and O–H groups in total. The number of methoxy groups -OCH3 is 1. The van der Waals surface area contributed by atoms with Crippen LogP contribution in [0.1, 0.15) is 29.1 Å². The highest BCUT2D eigenvalue weighted by atomic mass is 16.5. The molecule has 2 heterocycles. The van der Waals surface area contributed by atoms with Crippen molar-refractivity contribution in [3.05, 3.63) is 35.8 Å². The van der Waals surface area contributed by atoms with Gasteiger partial charge in [-0.1, -0.05) is 13.0 Å². The van der Waals surface area contributed by atoms with Gasteiger partial charge in [0.1, 0.15) is 0 Å². The lowest BCUT2D eigenvalue weighted by molar-refractivity contribution is -0.593. The van der Waals surface area contributed by atoms with Crippen LogP contribution in [0.15, 0.2) is 30.2 Å². The van der Waals surface area contributed by atoms with Gasteiger partial charge in [0.2, 0.25) is 0 Å². The van der Waals surface area contributed by atoms with Crippen LogP contribution in [0, 0.1) is 0 Å². The predicted molar refractivity (Wildman–Crippen MR) is 57.5 cm³/mol. The fourth-order valence-electron chi connectivity index (χ4n) is 1.96. The number of nitrogens with zero attached hydrogens (tertiary/aromatic N) is 1. The molecule has 1 atom stereocenters. The van der Waals surface area contributed by atoms with Crippen molar-refractivity contribution in [3.63, 3.8) is 0 Å². The summed E-state index contributed by atoms with van der Waals surface area (Å²) in [5.41, 5.74) is 0.683. The van der Waals surface area contributed by atoms with Crippen LogP contribution in [-0.2, 0) is 9.53 Å². The van der Waals surface area contributed by atoms with Crippen molar-refractivity contribution in [2.45, 2.75) is 19.3 Å². The van der Waals surface area contributed by atoms with Gasteiger partial charge in [0.25, 0.3) is 0 Å². The van der Waals surface area contributed by atoms with E-state index in [0.29, 0.717) is 0 Å². The van der Waals surface area contributed by atoms with E-state index >= 15 is 0 Å². The average molecular weight is 223 g/mol. The maximum Gasteiger partial charge on any atom is 0.407 e. The molecule has 0 radical (unpaired) electrons. The first-order valence-corrected chi connectivity index (χ1v) is 4.96. The van der Waals surface area contributed by atoms with Crippen LogP contribution < -0.4 is 4.57 Å². The number of hydrogen-bond donors (Lipinski definition) is 1. The van der Waals surface area contributed by atoms with Crippen LogP contribution in [-0.4, -0.2) is 18.1 Å². The largest absolute Gasteiger partial charge is 0.506 e. The minimum Gasteiger partial charge on any atom is -0.506 e. The highest BCUT2D eigenvalue weighted by molar-refractivity contribution is 6.06. The first-order chi connectivity index (χ1) is 8.79. The third-order valence-corrected chi connectivity index (χ3v) is 2.70. The summed E-state index contributed by atoms with van der Waals surface area (Å²) in [6.07, 6.45) is 1.87. The van der Waals surface area contributed by atoms with Gasteiger partial charge in [-0.25, -0.2) is 4.79 Å². The molecule has 0 fully saturated rings. The molecule has 1 unspecified atom stereocenters. The van der Waals surface area contributed by atoms with Crippen LogP contribution in [0.5, 0.6) is 0 Å². The number of aliphatic hydroxyl groups is 1.